The average Bonchev–Trinajstić information content (AvgIpc) is 2.70. The Kier molecular flexibility index (Phi) is 2.59. The van der Waals surface area contributed by atoms with E-state index in [0.717, 1.165) is 27.7 Å². The monoisotopic (exact) mass is 244 g/mol. The Balaban J connectivity index is 2.03. The van der Waals surface area contributed by atoms with Gasteiger partial charge in [0.15, 0.2) is 5.78 Å². The maximum absolute atomic E-state index is 11.8. The summed E-state index contributed by atoms with van der Waals surface area (Å²) in [6.45, 7) is 1.30. The van der Waals surface area contributed by atoms with Gasteiger partial charge in [0.2, 0.25) is 5.79 Å². The normalized spacial score (nSPS) is 29.7. The highest BCUT2D eigenvalue weighted by Gasteiger charge is 2.46. The quantitative estimate of drug-likeness (QED) is 0.649. The lowest BCUT2D eigenvalue weighted by molar-refractivity contribution is -0.125. The molecule has 3 aliphatic rings. The summed E-state index contributed by atoms with van der Waals surface area (Å²) in [5.74, 6) is 1.51. The Morgan fingerprint density at radius 1 is 1.13 bits per heavy atom. The fourth-order valence-electron chi connectivity index (χ4n) is 2.11. The first-order valence-corrected chi connectivity index (χ1v) is 7.10. The standard InChI is InChI=1S/C10H12O3S2/c11-7-1-5-15-9-8(7)14-6-2-10(9)12-3-4-13-10/h1-6H2. The molecule has 0 saturated carbocycles. The third-order valence-electron chi connectivity index (χ3n) is 2.81. The molecule has 3 rings (SSSR count). The highest BCUT2D eigenvalue weighted by atomic mass is 32.2. The zero-order valence-corrected chi connectivity index (χ0v) is 9.92. The second-order valence-electron chi connectivity index (χ2n) is 3.73. The number of Topliss-reactive ketones (excluding diaryl/α,β-unsaturated/α-hetero) is 1. The molecule has 3 aliphatic heterocycles. The van der Waals surface area contributed by atoms with Crippen molar-refractivity contribution in [1.29, 1.82) is 0 Å². The molecule has 0 aromatic heterocycles. The van der Waals surface area contributed by atoms with E-state index >= 15 is 0 Å². The molecule has 15 heavy (non-hydrogen) atoms. The van der Waals surface area contributed by atoms with Gasteiger partial charge in [-0.2, -0.15) is 0 Å². The van der Waals surface area contributed by atoms with Crippen LogP contribution in [0.15, 0.2) is 9.81 Å². The minimum atomic E-state index is -0.554. The maximum atomic E-state index is 11.8. The minimum absolute atomic E-state index is 0.270. The van der Waals surface area contributed by atoms with Gasteiger partial charge in [0.1, 0.15) is 0 Å². The number of allylic oxidation sites excluding steroid dienone is 1. The van der Waals surface area contributed by atoms with Crippen LogP contribution >= 0.6 is 23.5 Å². The van der Waals surface area contributed by atoms with Gasteiger partial charge in [-0.15, -0.1) is 23.5 Å². The fraction of sp³-hybridized carbons (Fsp3) is 0.700. The third kappa shape index (κ3) is 1.56. The number of carbonyl (C=O) groups excluding carboxylic acids is 1. The fourth-order valence-corrected chi connectivity index (χ4v) is 4.77. The van der Waals surface area contributed by atoms with Crippen LogP contribution in [0, 0.1) is 0 Å². The van der Waals surface area contributed by atoms with Crippen LogP contribution in [0.4, 0.5) is 0 Å². The number of rotatable bonds is 0. The number of hydrogen-bond acceptors (Lipinski definition) is 5. The van der Waals surface area contributed by atoms with Crippen LogP contribution in [0.5, 0.6) is 0 Å². The van der Waals surface area contributed by atoms with Gasteiger partial charge in [0, 0.05) is 24.3 Å². The smallest absolute Gasteiger partial charge is 0.203 e. The summed E-state index contributed by atoms with van der Waals surface area (Å²) in [5.41, 5.74) is 0. The van der Waals surface area contributed by atoms with Crippen LogP contribution in [0.25, 0.3) is 0 Å². The molecule has 0 atom stereocenters. The van der Waals surface area contributed by atoms with Gasteiger partial charge in [0.25, 0.3) is 0 Å². The van der Waals surface area contributed by atoms with Gasteiger partial charge in [-0.3, -0.25) is 4.79 Å². The van der Waals surface area contributed by atoms with Crippen molar-refractivity contribution in [2.24, 2.45) is 0 Å². The molecule has 1 fully saturated rings. The second kappa shape index (κ2) is 3.80. The first-order chi connectivity index (χ1) is 7.32. The van der Waals surface area contributed by atoms with E-state index in [0.29, 0.717) is 19.6 Å². The summed E-state index contributed by atoms with van der Waals surface area (Å²) in [4.78, 5) is 13.7. The van der Waals surface area contributed by atoms with Crippen molar-refractivity contribution in [2.75, 3.05) is 24.7 Å². The van der Waals surface area contributed by atoms with E-state index in [2.05, 4.69) is 0 Å². The second-order valence-corrected chi connectivity index (χ2v) is 5.94. The topological polar surface area (TPSA) is 35.5 Å². The summed E-state index contributed by atoms with van der Waals surface area (Å²) in [6.07, 6.45) is 1.53. The summed E-state index contributed by atoms with van der Waals surface area (Å²) < 4.78 is 11.5. The number of hydrogen-bond donors (Lipinski definition) is 0. The van der Waals surface area contributed by atoms with E-state index in [4.69, 9.17) is 9.47 Å². The van der Waals surface area contributed by atoms with Gasteiger partial charge in [-0.05, 0) is 0 Å². The number of carbonyl (C=O) groups is 1. The minimum Gasteiger partial charge on any atom is -0.343 e. The van der Waals surface area contributed by atoms with Crippen molar-refractivity contribution in [1.82, 2.24) is 0 Å². The molecule has 0 aromatic rings. The van der Waals surface area contributed by atoms with E-state index in [9.17, 15) is 4.79 Å². The molecule has 3 heterocycles. The van der Waals surface area contributed by atoms with E-state index in [1.54, 1.807) is 23.5 Å². The third-order valence-corrected chi connectivity index (χ3v) is 5.28. The zero-order valence-electron chi connectivity index (χ0n) is 8.28. The SMILES string of the molecule is O=C1CCSC2=C1SCCC21OCCO1. The molecule has 0 bridgehead atoms. The largest absolute Gasteiger partial charge is 0.343 e. The summed E-state index contributed by atoms with van der Waals surface area (Å²) in [6, 6.07) is 0. The number of thioether (sulfide) groups is 2. The Morgan fingerprint density at radius 3 is 2.73 bits per heavy atom. The summed E-state index contributed by atoms with van der Waals surface area (Å²) in [7, 11) is 0. The van der Waals surface area contributed by atoms with Gasteiger partial charge < -0.3 is 9.47 Å². The molecule has 0 unspecified atom stereocenters. The molecular formula is C10H12O3S2. The molecule has 1 spiro atoms. The first kappa shape index (κ1) is 10.2. The van der Waals surface area contributed by atoms with Crippen molar-refractivity contribution in [3.63, 3.8) is 0 Å². The van der Waals surface area contributed by atoms with Crippen molar-refractivity contribution >= 4 is 29.3 Å². The van der Waals surface area contributed by atoms with Crippen molar-refractivity contribution < 1.29 is 14.3 Å². The Hall–Kier alpha value is 0.0300. The van der Waals surface area contributed by atoms with Crippen LogP contribution in [0.1, 0.15) is 12.8 Å². The predicted molar refractivity (Wildman–Crippen MR) is 60.8 cm³/mol. The molecule has 5 heteroatoms. The average molecular weight is 244 g/mol. The molecule has 3 nitrogen and oxygen atoms in total. The molecule has 0 amide bonds. The van der Waals surface area contributed by atoms with Crippen LogP contribution in [0.3, 0.4) is 0 Å². The van der Waals surface area contributed by atoms with Crippen LogP contribution in [-0.2, 0) is 14.3 Å². The lowest BCUT2D eigenvalue weighted by atomic mass is 10.1. The maximum Gasteiger partial charge on any atom is 0.203 e. The molecular weight excluding hydrogens is 232 g/mol. The van der Waals surface area contributed by atoms with E-state index < -0.39 is 5.79 Å². The lowest BCUT2D eigenvalue weighted by Gasteiger charge is -2.36. The predicted octanol–water partition coefficient (Wildman–Crippen LogP) is 1.78. The molecule has 0 N–H and O–H groups in total. The molecule has 82 valence electrons. The van der Waals surface area contributed by atoms with Gasteiger partial charge in [-0.25, -0.2) is 0 Å². The van der Waals surface area contributed by atoms with Crippen LogP contribution in [-0.4, -0.2) is 36.3 Å². The van der Waals surface area contributed by atoms with Crippen molar-refractivity contribution in [2.45, 2.75) is 18.6 Å². The zero-order chi connectivity index (χ0) is 10.3. The van der Waals surface area contributed by atoms with E-state index in [1.807, 2.05) is 0 Å². The number of fused-ring (bicyclic) bond motifs is 1. The Morgan fingerprint density at radius 2 is 1.93 bits per heavy atom. The van der Waals surface area contributed by atoms with E-state index in [-0.39, 0.29) is 5.78 Å². The highest BCUT2D eigenvalue weighted by Crippen LogP contribution is 2.49. The molecule has 0 aromatic carbocycles. The van der Waals surface area contributed by atoms with Crippen molar-refractivity contribution in [3.05, 3.63) is 9.81 Å². The Labute approximate surface area is 97.0 Å². The number of ether oxygens (including phenoxy) is 2. The Bertz CT molecular complexity index is 332. The molecule has 1 saturated heterocycles. The van der Waals surface area contributed by atoms with Crippen molar-refractivity contribution in [3.8, 4) is 0 Å². The number of ketones is 1. The molecule has 0 radical (unpaired) electrons. The summed E-state index contributed by atoms with van der Waals surface area (Å²) in [5, 5.41) is 0. The van der Waals surface area contributed by atoms with Gasteiger partial charge in [0.05, 0.1) is 23.0 Å². The van der Waals surface area contributed by atoms with Crippen LogP contribution < -0.4 is 0 Å². The highest BCUT2D eigenvalue weighted by molar-refractivity contribution is 8.07. The van der Waals surface area contributed by atoms with Crippen LogP contribution in [0.2, 0.25) is 0 Å². The van der Waals surface area contributed by atoms with E-state index in [1.165, 1.54) is 0 Å². The first-order valence-electron chi connectivity index (χ1n) is 5.13. The molecule has 0 aliphatic carbocycles. The van der Waals surface area contributed by atoms with Gasteiger partial charge >= 0.3 is 0 Å². The lowest BCUT2D eigenvalue weighted by Crippen LogP contribution is -2.37. The summed E-state index contributed by atoms with van der Waals surface area (Å²) >= 11 is 3.40. The van der Waals surface area contributed by atoms with Gasteiger partial charge in [-0.1, -0.05) is 0 Å².